The van der Waals surface area contributed by atoms with E-state index in [0.717, 1.165) is 0 Å². The van der Waals surface area contributed by atoms with Gasteiger partial charge in [0, 0.05) is 17.7 Å². The van der Waals surface area contributed by atoms with Gasteiger partial charge in [-0.1, -0.05) is 0 Å². The number of rotatable bonds is 3. The zero-order chi connectivity index (χ0) is 9.84. The number of phenolic OH excluding ortho intramolecular Hbond substituents is 3. The zero-order valence-corrected chi connectivity index (χ0v) is 7.41. The van der Waals surface area contributed by atoms with Gasteiger partial charge in [-0.25, -0.2) is 0 Å². The summed E-state index contributed by atoms with van der Waals surface area (Å²) < 4.78 is 0. The molecule has 1 aromatic rings. The fourth-order valence-corrected chi connectivity index (χ4v) is 1.13. The van der Waals surface area contributed by atoms with Crippen molar-refractivity contribution in [2.24, 2.45) is 0 Å². The Balaban J connectivity index is 2.92. The Morgan fingerprint density at radius 2 is 1.69 bits per heavy atom. The second-order valence-corrected chi connectivity index (χ2v) is 2.82. The molecule has 4 N–H and O–H groups in total. The number of hydrogen-bond donors (Lipinski definition) is 4. The van der Waals surface area contributed by atoms with E-state index >= 15 is 0 Å². The van der Waals surface area contributed by atoms with E-state index < -0.39 is 0 Å². The Hall–Kier alpha value is -1.42. The van der Waals surface area contributed by atoms with Gasteiger partial charge in [-0.15, -0.1) is 0 Å². The lowest BCUT2D eigenvalue weighted by Gasteiger charge is -2.07. The fourth-order valence-electron chi connectivity index (χ4n) is 1.13. The van der Waals surface area contributed by atoms with E-state index in [-0.39, 0.29) is 17.2 Å². The van der Waals surface area contributed by atoms with Crippen molar-refractivity contribution in [1.82, 2.24) is 5.32 Å². The lowest BCUT2D eigenvalue weighted by molar-refractivity contribution is 0.418. The van der Waals surface area contributed by atoms with E-state index in [0.29, 0.717) is 18.5 Å². The Bertz CT molecular complexity index is 276. The summed E-state index contributed by atoms with van der Waals surface area (Å²) in [6.07, 6.45) is 0.522. The highest BCUT2D eigenvalue weighted by molar-refractivity contribution is 5.48. The Kier molecular flexibility index (Phi) is 2.97. The first-order valence-electron chi connectivity index (χ1n) is 4.03. The second kappa shape index (κ2) is 4.00. The minimum atomic E-state index is -0.136. The van der Waals surface area contributed by atoms with Crippen molar-refractivity contribution in [2.45, 2.75) is 6.42 Å². The monoisotopic (exact) mass is 183 g/mol. The van der Waals surface area contributed by atoms with Gasteiger partial charge in [0.25, 0.3) is 0 Å². The first-order valence-corrected chi connectivity index (χ1v) is 4.03. The third kappa shape index (κ3) is 2.26. The minimum Gasteiger partial charge on any atom is -0.508 e. The van der Waals surface area contributed by atoms with Crippen LogP contribution >= 0.6 is 0 Å². The van der Waals surface area contributed by atoms with Crippen LogP contribution in [-0.2, 0) is 6.42 Å². The van der Waals surface area contributed by atoms with Gasteiger partial charge < -0.3 is 20.6 Å². The maximum Gasteiger partial charge on any atom is 0.126 e. The standard InChI is InChI=1S/C9H13NO3/c1-10-3-2-7-8(12)4-6(11)5-9(7)13/h4-5,10-13H,2-3H2,1H3. The normalized spacial score (nSPS) is 10.2. The molecule has 0 unspecified atom stereocenters. The van der Waals surface area contributed by atoms with Gasteiger partial charge in [0.2, 0.25) is 0 Å². The van der Waals surface area contributed by atoms with Gasteiger partial charge in [0.05, 0.1) is 0 Å². The average Bonchev–Trinajstić information content (AvgIpc) is 2.02. The van der Waals surface area contributed by atoms with Gasteiger partial charge in [-0.2, -0.15) is 0 Å². The van der Waals surface area contributed by atoms with Crippen molar-refractivity contribution in [3.63, 3.8) is 0 Å². The molecule has 0 atom stereocenters. The van der Waals surface area contributed by atoms with Crippen molar-refractivity contribution in [3.05, 3.63) is 17.7 Å². The summed E-state index contributed by atoms with van der Waals surface area (Å²) in [5.41, 5.74) is 0.451. The number of phenols is 3. The summed E-state index contributed by atoms with van der Waals surface area (Å²) in [5.74, 6) is -0.288. The number of benzene rings is 1. The predicted octanol–water partition coefficient (Wildman–Crippen LogP) is 0.565. The maximum atomic E-state index is 9.35. The number of hydrogen-bond acceptors (Lipinski definition) is 4. The third-order valence-electron chi connectivity index (χ3n) is 1.81. The van der Waals surface area contributed by atoms with E-state index in [9.17, 15) is 10.2 Å². The molecule has 0 aliphatic heterocycles. The van der Waals surface area contributed by atoms with E-state index in [2.05, 4.69) is 5.32 Å². The molecule has 72 valence electrons. The van der Waals surface area contributed by atoms with Crippen LogP contribution in [-0.4, -0.2) is 28.9 Å². The van der Waals surface area contributed by atoms with Crippen LogP contribution in [0.1, 0.15) is 5.56 Å². The molecule has 0 saturated carbocycles. The fraction of sp³-hybridized carbons (Fsp3) is 0.333. The predicted molar refractivity (Wildman–Crippen MR) is 49.1 cm³/mol. The molecule has 4 nitrogen and oxygen atoms in total. The van der Waals surface area contributed by atoms with Gasteiger partial charge in [-0.3, -0.25) is 0 Å². The quantitative estimate of drug-likeness (QED) is 0.552. The summed E-state index contributed by atoms with van der Waals surface area (Å²) in [6.45, 7) is 0.659. The molecule has 0 amide bonds. The van der Waals surface area contributed by atoms with Gasteiger partial charge >= 0.3 is 0 Å². The van der Waals surface area contributed by atoms with Crippen molar-refractivity contribution in [2.75, 3.05) is 13.6 Å². The number of nitrogens with one attached hydrogen (secondary N) is 1. The molecule has 0 aromatic heterocycles. The third-order valence-corrected chi connectivity index (χ3v) is 1.81. The molecule has 13 heavy (non-hydrogen) atoms. The summed E-state index contributed by atoms with van der Waals surface area (Å²) in [5, 5.41) is 30.6. The molecule has 1 rings (SSSR count). The molecule has 0 aliphatic carbocycles. The average molecular weight is 183 g/mol. The van der Waals surface area contributed by atoms with Crippen LogP contribution in [0, 0.1) is 0 Å². The molecular weight excluding hydrogens is 170 g/mol. The van der Waals surface area contributed by atoms with E-state index in [1.807, 2.05) is 0 Å². The van der Waals surface area contributed by atoms with Crippen molar-refractivity contribution < 1.29 is 15.3 Å². The van der Waals surface area contributed by atoms with Crippen LogP contribution in [0.15, 0.2) is 12.1 Å². The maximum absolute atomic E-state index is 9.35. The van der Waals surface area contributed by atoms with Crippen LogP contribution in [0.25, 0.3) is 0 Å². The van der Waals surface area contributed by atoms with Crippen molar-refractivity contribution in [1.29, 1.82) is 0 Å². The first kappa shape index (κ1) is 9.67. The summed E-state index contributed by atoms with van der Waals surface area (Å²) in [4.78, 5) is 0. The molecule has 0 heterocycles. The highest BCUT2D eigenvalue weighted by atomic mass is 16.3. The summed E-state index contributed by atoms with van der Waals surface area (Å²) in [7, 11) is 1.79. The molecule has 0 saturated heterocycles. The molecule has 0 aliphatic rings. The highest BCUT2D eigenvalue weighted by Crippen LogP contribution is 2.31. The Labute approximate surface area is 76.5 Å². The first-order chi connectivity index (χ1) is 6.15. The van der Waals surface area contributed by atoms with Gasteiger partial charge in [-0.05, 0) is 20.0 Å². The molecule has 0 spiro atoms. The SMILES string of the molecule is CNCCc1c(O)cc(O)cc1O. The van der Waals surface area contributed by atoms with E-state index in [1.54, 1.807) is 7.05 Å². The summed E-state index contributed by atoms with van der Waals surface area (Å²) >= 11 is 0. The molecule has 4 heteroatoms. The molecule has 0 fully saturated rings. The van der Waals surface area contributed by atoms with Crippen LogP contribution in [0.2, 0.25) is 0 Å². The lowest BCUT2D eigenvalue weighted by atomic mass is 10.1. The summed E-state index contributed by atoms with van der Waals surface area (Å²) in [6, 6.07) is 2.43. The zero-order valence-electron chi connectivity index (χ0n) is 7.41. The van der Waals surface area contributed by atoms with Crippen LogP contribution in [0.4, 0.5) is 0 Å². The van der Waals surface area contributed by atoms with E-state index in [1.165, 1.54) is 12.1 Å². The van der Waals surface area contributed by atoms with Crippen molar-refractivity contribution >= 4 is 0 Å². The number of aromatic hydroxyl groups is 3. The van der Waals surface area contributed by atoms with Crippen LogP contribution in [0.3, 0.4) is 0 Å². The van der Waals surface area contributed by atoms with Crippen molar-refractivity contribution in [3.8, 4) is 17.2 Å². The molecule has 0 radical (unpaired) electrons. The second-order valence-electron chi connectivity index (χ2n) is 2.82. The topological polar surface area (TPSA) is 72.7 Å². The smallest absolute Gasteiger partial charge is 0.126 e. The van der Waals surface area contributed by atoms with Gasteiger partial charge in [0.1, 0.15) is 17.2 Å². The molecule has 0 bridgehead atoms. The van der Waals surface area contributed by atoms with Gasteiger partial charge in [0.15, 0.2) is 0 Å². The van der Waals surface area contributed by atoms with Crippen LogP contribution in [0.5, 0.6) is 17.2 Å². The Morgan fingerprint density at radius 1 is 1.15 bits per heavy atom. The molecular formula is C9H13NO3. The molecule has 1 aromatic carbocycles. The van der Waals surface area contributed by atoms with E-state index in [4.69, 9.17) is 5.11 Å². The largest absolute Gasteiger partial charge is 0.508 e. The number of likely N-dealkylation sites (N-methyl/N-ethyl adjacent to an activating group) is 1. The minimum absolute atomic E-state index is 0.0762. The highest BCUT2D eigenvalue weighted by Gasteiger charge is 2.08. The lowest BCUT2D eigenvalue weighted by Crippen LogP contribution is -2.10. The van der Waals surface area contributed by atoms with Crippen LogP contribution < -0.4 is 5.32 Å². The Morgan fingerprint density at radius 3 is 2.15 bits per heavy atom.